The molecule has 27 heavy (non-hydrogen) atoms. The lowest BCUT2D eigenvalue weighted by Gasteiger charge is -2.38. The lowest BCUT2D eigenvalue weighted by atomic mass is 9.84. The summed E-state index contributed by atoms with van der Waals surface area (Å²) in [4.78, 5) is 35.5. The molecule has 1 aliphatic heterocycles. The van der Waals surface area contributed by atoms with Gasteiger partial charge in [0.05, 0.1) is 5.57 Å². The van der Waals surface area contributed by atoms with E-state index in [1.54, 1.807) is 0 Å². The van der Waals surface area contributed by atoms with E-state index in [4.69, 9.17) is 14.2 Å². The molecule has 7 heteroatoms. The van der Waals surface area contributed by atoms with Gasteiger partial charge in [-0.1, -0.05) is 26.2 Å². The second kappa shape index (κ2) is 9.88. The van der Waals surface area contributed by atoms with Crippen molar-refractivity contribution in [2.24, 2.45) is 0 Å². The summed E-state index contributed by atoms with van der Waals surface area (Å²) in [6.07, 6.45) is 2.84. The molecule has 1 heterocycles. The molecular weight excluding hydrogens is 352 g/mol. The lowest BCUT2D eigenvalue weighted by molar-refractivity contribution is -0.162. The largest absolute Gasteiger partial charge is 0.490 e. The van der Waals surface area contributed by atoms with Crippen LogP contribution < -0.4 is 0 Å². The molecule has 0 amide bonds. The summed E-state index contributed by atoms with van der Waals surface area (Å²) in [6, 6.07) is 0. The van der Waals surface area contributed by atoms with E-state index >= 15 is 0 Å². The summed E-state index contributed by atoms with van der Waals surface area (Å²) in [5.74, 6) is -0.906. The maximum absolute atomic E-state index is 12.4. The first kappa shape index (κ1) is 21.4. The zero-order chi connectivity index (χ0) is 20.0. The molecule has 0 saturated heterocycles. The number of aliphatic hydroxyl groups is 1. The third kappa shape index (κ3) is 5.79. The summed E-state index contributed by atoms with van der Waals surface area (Å²) >= 11 is 0. The molecule has 0 radical (unpaired) electrons. The molecule has 2 aliphatic rings. The van der Waals surface area contributed by atoms with Gasteiger partial charge in [0.15, 0.2) is 5.78 Å². The molecule has 1 aliphatic carbocycles. The first-order valence-corrected chi connectivity index (χ1v) is 9.79. The van der Waals surface area contributed by atoms with Crippen molar-refractivity contribution in [1.29, 1.82) is 0 Å². The average molecular weight is 382 g/mol. The summed E-state index contributed by atoms with van der Waals surface area (Å²) in [5, 5.41) is 9.88. The van der Waals surface area contributed by atoms with Crippen molar-refractivity contribution >= 4 is 17.7 Å². The van der Waals surface area contributed by atoms with Gasteiger partial charge < -0.3 is 19.3 Å². The summed E-state index contributed by atoms with van der Waals surface area (Å²) in [6.45, 7) is 4.76. The molecule has 0 saturated carbocycles. The highest BCUT2D eigenvalue weighted by atomic mass is 16.6. The van der Waals surface area contributed by atoms with Crippen LogP contribution in [0, 0.1) is 0 Å². The Labute approximate surface area is 160 Å². The zero-order valence-corrected chi connectivity index (χ0v) is 16.4. The number of carbonyl (C=O) groups excluding carboxylic acids is 3. The highest BCUT2D eigenvalue weighted by molar-refractivity contribution is 6.01. The predicted molar refractivity (Wildman–Crippen MR) is 96.6 cm³/mol. The Morgan fingerprint density at radius 3 is 2.59 bits per heavy atom. The summed E-state index contributed by atoms with van der Waals surface area (Å²) in [5.41, 5.74) is 0.243. The van der Waals surface area contributed by atoms with Crippen LogP contribution in [0.3, 0.4) is 0 Å². The molecule has 0 aromatic heterocycles. The number of ketones is 1. The second-order valence-electron chi connectivity index (χ2n) is 7.24. The van der Waals surface area contributed by atoms with Gasteiger partial charge in [0.1, 0.15) is 30.2 Å². The molecule has 0 aromatic rings. The molecule has 7 nitrogen and oxygen atoms in total. The van der Waals surface area contributed by atoms with Gasteiger partial charge in [-0.2, -0.15) is 0 Å². The van der Waals surface area contributed by atoms with Crippen molar-refractivity contribution in [3.63, 3.8) is 0 Å². The number of hydrogen-bond donors (Lipinski definition) is 1. The van der Waals surface area contributed by atoms with E-state index in [0.29, 0.717) is 18.6 Å². The van der Waals surface area contributed by atoms with E-state index in [1.807, 2.05) is 0 Å². The van der Waals surface area contributed by atoms with Crippen LogP contribution in [0.5, 0.6) is 0 Å². The summed E-state index contributed by atoms with van der Waals surface area (Å²) in [7, 11) is 0. The van der Waals surface area contributed by atoms with Gasteiger partial charge in [-0.3, -0.25) is 14.4 Å². The normalized spacial score (nSPS) is 26.1. The number of unbranched alkanes of at least 4 members (excludes halogenated alkanes) is 3. The third-order valence-electron chi connectivity index (χ3n) is 4.96. The number of Topliss-reactive ketones (excluding diaryl/α,β-unsaturated/α-hetero) is 1. The van der Waals surface area contributed by atoms with Crippen LogP contribution in [-0.4, -0.2) is 47.2 Å². The molecule has 2 rings (SSSR count). The fourth-order valence-corrected chi connectivity index (χ4v) is 3.71. The molecule has 0 fully saturated rings. The van der Waals surface area contributed by atoms with Crippen LogP contribution in [0.2, 0.25) is 0 Å². The van der Waals surface area contributed by atoms with E-state index in [0.717, 1.165) is 25.7 Å². The SMILES string of the molecule is CCCCCC[C@H](OC(C)=O)[C@@H]1C[C@@H](OC(C)=O)C2=C(CC[C@@H](O)C2=O)O1. The topological polar surface area (TPSA) is 99.1 Å². The number of aliphatic hydroxyl groups excluding tert-OH is 1. The molecule has 152 valence electrons. The van der Waals surface area contributed by atoms with E-state index < -0.39 is 42.1 Å². The molecule has 0 unspecified atom stereocenters. The van der Waals surface area contributed by atoms with Gasteiger partial charge in [-0.05, 0) is 19.3 Å². The van der Waals surface area contributed by atoms with Crippen LogP contribution in [0.25, 0.3) is 0 Å². The predicted octanol–water partition coefficient (Wildman–Crippen LogP) is 2.59. The van der Waals surface area contributed by atoms with Crippen LogP contribution in [0.15, 0.2) is 11.3 Å². The van der Waals surface area contributed by atoms with Gasteiger partial charge in [-0.25, -0.2) is 0 Å². The maximum Gasteiger partial charge on any atom is 0.303 e. The fourth-order valence-electron chi connectivity index (χ4n) is 3.71. The Bertz CT molecular complexity index is 595. The Kier molecular flexibility index (Phi) is 7.83. The number of hydrogen-bond acceptors (Lipinski definition) is 7. The van der Waals surface area contributed by atoms with Gasteiger partial charge in [0.2, 0.25) is 0 Å². The van der Waals surface area contributed by atoms with Crippen LogP contribution in [0.1, 0.15) is 72.1 Å². The standard InChI is InChI=1S/C20H30O7/c1-4-5-6-7-8-15(25-12(2)21)17-11-18(26-13(3)22)19-16(27-17)10-9-14(23)20(19)24/h14-15,17-18,23H,4-11H2,1-3H3/t14-,15+,17+,18-/m1/s1. The number of rotatable bonds is 8. The van der Waals surface area contributed by atoms with Gasteiger partial charge in [-0.15, -0.1) is 0 Å². The minimum absolute atomic E-state index is 0.225. The maximum atomic E-state index is 12.4. The highest BCUT2D eigenvalue weighted by Crippen LogP contribution is 2.37. The number of ether oxygens (including phenoxy) is 3. The minimum atomic E-state index is -1.10. The first-order chi connectivity index (χ1) is 12.8. The number of allylic oxidation sites excluding steroid dienone is 1. The molecule has 0 spiro atoms. The molecule has 1 N–H and O–H groups in total. The monoisotopic (exact) mass is 382 g/mol. The molecule has 0 aromatic carbocycles. The molecule has 4 atom stereocenters. The quantitative estimate of drug-likeness (QED) is 0.509. The fraction of sp³-hybridized carbons (Fsp3) is 0.750. The average Bonchev–Trinajstić information content (AvgIpc) is 2.59. The van der Waals surface area contributed by atoms with Crippen molar-refractivity contribution in [3.8, 4) is 0 Å². The van der Waals surface area contributed by atoms with E-state index in [9.17, 15) is 19.5 Å². The zero-order valence-electron chi connectivity index (χ0n) is 16.4. The Morgan fingerprint density at radius 2 is 1.96 bits per heavy atom. The van der Waals surface area contributed by atoms with Crippen LogP contribution in [-0.2, 0) is 28.6 Å². The highest BCUT2D eigenvalue weighted by Gasteiger charge is 2.43. The number of esters is 2. The van der Waals surface area contributed by atoms with Crippen molar-refractivity contribution in [1.82, 2.24) is 0 Å². The van der Waals surface area contributed by atoms with Crippen molar-refractivity contribution in [2.75, 3.05) is 0 Å². The van der Waals surface area contributed by atoms with Gasteiger partial charge in [0.25, 0.3) is 0 Å². The van der Waals surface area contributed by atoms with Crippen molar-refractivity contribution in [2.45, 2.75) is 96.6 Å². The second-order valence-corrected chi connectivity index (χ2v) is 7.24. The van der Waals surface area contributed by atoms with Gasteiger partial charge in [0, 0.05) is 26.7 Å². The van der Waals surface area contributed by atoms with Crippen molar-refractivity contribution in [3.05, 3.63) is 11.3 Å². The smallest absolute Gasteiger partial charge is 0.303 e. The minimum Gasteiger partial charge on any atom is -0.490 e. The van der Waals surface area contributed by atoms with E-state index in [-0.39, 0.29) is 18.4 Å². The molecule has 0 bridgehead atoms. The Balaban J connectivity index is 2.20. The van der Waals surface area contributed by atoms with Crippen LogP contribution >= 0.6 is 0 Å². The van der Waals surface area contributed by atoms with Crippen molar-refractivity contribution < 1.29 is 33.7 Å². The Morgan fingerprint density at radius 1 is 1.22 bits per heavy atom. The molecular formula is C20H30O7. The third-order valence-corrected chi connectivity index (χ3v) is 4.96. The summed E-state index contributed by atoms with van der Waals surface area (Å²) < 4.78 is 16.9. The van der Waals surface area contributed by atoms with Crippen LogP contribution in [0.4, 0.5) is 0 Å². The lowest BCUT2D eigenvalue weighted by Crippen LogP contribution is -2.45. The Hall–Kier alpha value is -1.89. The first-order valence-electron chi connectivity index (χ1n) is 9.79. The van der Waals surface area contributed by atoms with Gasteiger partial charge >= 0.3 is 11.9 Å². The number of carbonyl (C=O) groups is 3. The van der Waals surface area contributed by atoms with E-state index in [1.165, 1.54) is 13.8 Å². The van der Waals surface area contributed by atoms with E-state index in [2.05, 4.69) is 6.92 Å².